The molecule has 0 N–H and O–H groups in total. The fourth-order valence-electron chi connectivity index (χ4n) is 2.05. The number of rotatable bonds is 1. The van der Waals surface area contributed by atoms with E-state index in [0.29, 0.717) is 0 Å². The first-order valence-corrected chi connectivity index (χ1v) is 5.07. The molecule has 0 radical (unpaired) electrons. The normalized spacial score (nSPS) is 17.9. The lowest BCUT2D eigenvalue weighted by molar-refractivity contribution is -0.112. The van der Waals surface area contributed by atoms with Crippen LogP contribution in [0, 0.1) is 0 Å². The number of aryl methyl sites for hydroxylation is 1. The fourth-order valence-corrected chi connectivity index (χ4v) is 2.05. The summed E-state index contributed by atoms with van der Waals surface area (Å²) >= 11 is 0. The van der Waals surface area contributed by atoms with Crippen molar-refractivity contribution in [2.24, 2.45) is 0 Å². The third kappa shape index (κ3) is 1.77. The zero-order chi connectivity index (χ0) is 9.97. The summed E-state index contributed by atoms with van der Waals surface area (Å²) in [4.78, 5) is 11.0. The van der Waals surface area contributed by atoms with Crippen LogP contribution in [-0.2, 0) is 11.2 Å². The molecule has 1 aliphatic carbocycles. The standard InChI is InChI=1S/C13H14O/c1-10(14)9-12-7-4-6-11-5-2-3-8-13(11)12/h2-3,5,8-9H,4,6-7H2,1H3/b12-9+. The number of carbonyl (C=O) groups is 1. The summed E-state index contributed by atoms with van der Waals surface area (Å²) in [6.45, 7) is 1.62. The van der Waals surface area contributed by atoms with Crippen LogP contribution in [-0.4, -0.2) is 5.78 Å². The molecule has 0 fully saturated rings. The molecule has 0 amide bonds. The van der Waals surface area contributed by atoms with Crippen LogP contribution in [0.1, 0.15) is 30.9 Å². The summed E-state index contributed by atoms with van der Waals surface area (Å²) in [5, 5.41) is 0. The average molecular weight is 186 g/mol. The van der Waals surface area contributed by atoms with E-state index in [1.807, 2.05) is 6.07 Å². The Morgan fingerprint density at radius 3 is 2.86 bits per heavy atom. The highest BCUT2D eigenvalue weighted by Crippen LogP contribution is 2.30. The second kappa shape index (κ2) is 3.79. The van der Waals surface area contributed by atoms with Crippen LogP contribution in [0.15, 0.2) is 30.3 Å². The number of ketones is 1. The Morgan fingerprint density at radius 1 is 1.29 bits per heavy atom. The van der Waals surface area contributed by atoms with Crippen LogP contribution in [0.4, 0.5) is 0 Å². The number of benzene rings is 1. The summed E-state index contributed by atoms with van der Waals surface area (Å²) in [7, 11) is 0. The van der Waals surface area contributed by atoms with Gasteiger partial charge in [0.15, 0.2) is 5.78 Å². The molecule has 0 heterocycles. The van der Waals surface area contributed by atoms with Gasteiger partial charge in [-0.25, -0.2) is 0 Å². The summed E-state index contributed by atoms with van der Waals surface area (Å²) in [5.41, 5.74) is 3.86. The largest absolute Gasteiger partial charge is 0.295 e. The van der Waals surface area contributed by atoms with Crippen molar-refractivity contribution in [3.8, 4) is 0 Å². The molecule has 2 rings (SSSR count). The highest BCUT2D eigenvalue weighted by atomic mass is 16.1. The lowest BCUT2D eigenvalue weighted by Crippen LogP contribution is -2.02. The first-order chi connectivity index (χ1) is 6.77. The first kappa shape index (κ1) is 9.20. The maximum Gasteiger partial charge on any atom is 0.152 e. The Bertz CT molecular complexity index is 388. The van der Waals surface area contributed by atoms with Gasteiger partial charge in [-0.15, -0.1) is 0 Å². The van der Waals surface area contributed by atoms with Crippen molar-refractivity contribution in [1.29, 1.82) is 0 Å². The van der Waals surface area contributed by atoms with E-state index in [-0.39, 0.29) is 5.78 Å². The molecule has 0 saturated carbocycles. The molecule has 0 bridgehead atoms. The van der Waals surface area contributed by atoms with Crippen molar-refractivity contribution in [3.63, 3.8) is 0 Å². The molecule has 72 valence electrons. The van der Waals surface area contributed by atoms with Gasteiger partial charge in [0.1, 0.15) is 0 Å². The Labute approximate surface area is 84.5 Å². The van der Waals surface area contributed by atoms with Gasteiger partial charge in [0.05, 0.1) is 0 Å². The molecule has 14 heavy (non-hydrogen) atoms. The van der Waals surface area contributed by atoms with E-state index in [2.05, 4.69) is 18.2 Å². The van der Waals surface area contributed by atoms with E-state index in [9.17, 15) is 4.79 Å². The number of allylic oxidation sites excluding steroid dienone is 2. The molecule has 1 nitrogen and oxygen atoms in total. The molecule has 0 spiro atoms. The predicted molar refractivity (Wildman–Crippen MR) is 58.0 cm³/mol. The molecule has 1 aromatic carbocycles. The Balaban J connectivity index is 2.45. The van der Waals surface area contributed by atoms with Crippen molar-refractivity contribution in [3.05, 3.63) is 41.5 Å². The maximum atomic E-state index is 11.0. The monoisotopic (exact) mass is 186 g/mol. The van der Waals surface area contributed by atoms with Crippen LogP contribution in [0.25, 0.3) is 5.57 Å². The van der Waals surface area contributed by atoms with Crippen LogP contribution in [0.2, 0.25) is 0 Å². The summed E-state index contributed by atoms with van der Waals surface area (Å²) in [6, 6.07) is 8.37. The minimum Gasteiger partial charge on any atom is -0.295 e. The van der Waals surface area contributed by atoms with Crippen LogP contribution >= 0.6 is 0 Å². The van der Waals surface area contributed by atoms with Gasteiger partial charge in [-0.2, -0.15) is 0 Å². The van der Waals surface area contributed by atoms with Gasteiger partial charge in [0, 0.05) is 0 Å². The molecule has 0 saturated heterocycles. The van der Waals surface area contributed by atoms with E-state index in [1.165, 1.54) is 16.7 Å². The van der Waals surface area contributed by atoms with Gasteiger partial charge in [-0.1, -0.05) is 24.3 Å². The average Bonchev–Trinajstić information content (AvgIpc) is 2.18. The van der Waals surface area contributed by atoms with Gasteiger partial charge >= 0.3 is 0 Å². The van der Waals surface area contributed by atoms with Crippen LogP contribution in [0.5, 0.6) is 0 Å². The summed E-state index contributed by atoms with van der Waals surface area (Å²) < 4.78 is 0. The van der Waals surface area contributed by atoms with Gasteiger partial charge in [0.2, 0.25) is 0 Å². The van der Waals surface area contributed by atoms with E-state index >= 15 is 0 Å². The predicted octanol–water partition coefficient (Wildman–Crippen LogP) is 3.00. The van der Waals surface area contributed by atoms with E-state index in [4.69, 9.17) is 0 Å². The summed E-state index contributed by atoms with van der Waals surface area (Å²) in [5.74, 6) is 0.150. The van der Waals surface area contributed by atoms with Crippen molar-refractivity contribution in [2.75, 3.05) is 0 Å². The van der Waals surface area contributed by atoms with Gasteiger partial charge < -0.3 is 0 Å². The second-order valence-corrected chi connectivity index (χ2v) is 3.79. The molecule has 0 unspecified atom stereocenters. The van der Waals surface area contributed by atoms with E-state index in [1.54, 1.807) is 13.0 Å². The number of carbonyl (C=O) groups excluding carboxylic acids is 1. The fraction of sp³-hybridized carbons (Fsp3) is 0.308. The van der Waals surface area contributed by atoms with Crippen molar-refractivity contribution < 1.29 is 4.79 Å². The second-order valence-electron chi connectivity index (χ2n) is 3.79. The van der Waals surface area contributed by atoms with Crippen molar-refractivity contribution in [2.45, 2.75) is 26.2 Å². The minimum atomic E-state index is 0.150. The lowest BCUT2D eigenvalue weighted by atomic mass is 9.87. The van der Waals surface area contributed by atoms with Gasteiger partial charge in [0.25, 0.3) is 0 Å². The number of hydrogen-bond donors (Lipinski definition) is 0. The van der Waals surface area contributed by atoms with Gasteiger partial charge in [-0.05, 0) is 49.0 Å². The zero-order valence-corrected chi connectivity index (χ0v) is 8.42. The van der Waals surface area contributed by atoms with E-state index < -0.39 is 0 Å². The molecular formula is C13H14O. The van der Waals surface area contributed by atoms with Crippen molar-refractivity contribution >= 4 is 11.4 Å². The molecule has 1 aliphatic rings. The third-order valence-electron chi connectivity index (χ3n) is 2.63. The SMILES string of the molecule is CC(=O)/C=C1\CCCc2ccccc21. The maximum absolute atomic E-state index is 11.0. The minimum absolute atomic E-state index is 0.150. The Kier molecular flexibility index (Phi) is 2.49. The number of fused-ring (bicyclic) bond motifs is 1. The lowest BCUT2D eigenvalue weighted by Gasteiger charge is -2.18. The number of hydrogen-bond acceptors (Lipinski definition) is 1. The van der Waals surface area contributed by atoms with Gasteiger partial charge in [-0.3, -0.25) is 4.79 Å². The molecular weight excluding hydrogens is 172 g/mol. The molecule has 1 heteroatoms. The molecule has 0 aliphatic heterocycles. The molecule has 0 aromatic heterocycles. The Morgan fingerprint density at radius 2 is 2.07 bits per heavy atom. The molecule has 0 atom stereocenters. The Hall–Kier alpha value is -1.37. The third-order valence-corrected chi connectivity index (χ3v) is 2.63. The highest BCUT2D eigenvalue weighted by Gasteiger charge is 2.12. The van der Waals surface area contributed by atoms with Crippen LogP contribution < -0.4 is 0 Å². The zero-order valence-electron chi connectivity index (χ0n) is 8.42. The highest BCUT2D eigenvalue weighted by molar-refractivity contribution is 5.95. The first-order valence-electron chi connectivity index (χ1n) is 5.07. The van der Waals surface area contributed by atoms with E-state index in [0.717, 1.165) is 19.3 Å². The smallest absolute Gasteiger partial charge is 0.152 e. The van der Waals surface area contributed by atoms with Crippen LogP contribution in [0.3, 0.4) is 0 Å². The molecule has 1 aromatic rings. The topological polar surface area (TPSA) is 17.1 Å². The quantitative estimate of drug-likeness (QED) is 0.616. The van der Waals surface area contributed by atoms with Crippen molar-refractivity contribution in [1.82, 2.24) is 0 Å². The summed E-state index contributed by atoms with van der Waals surface area (Å²) in [6.07, 6.45) is 5.12.